The van der Waals surface area contributed by atoms with Gasteiger partial charge in [-0.1, -0.05) is 53.8 Å². The van der Waals surface area contributed by atoms with Crippen LogP contribution in [0.15, 0.2) is 54.6 Å². The summed E-state index contributed by atoms with van der Waals surface area (Å²) in [6.45, 7) is 0.561. The van der Waals surface area contributed by atoms with Crippen LogP contribution < -0.4 is 15.4 Å². The Morgan fingerprint density at radius 3 is 2.69 bits per heavy atom. The zero-order valence-corrected chi connectivity index (χ0v) is 15.3. The molecule has 1 aromatic heterocycles. The van der Waals surface area contributed by atoms with Gasteiger partial charge in [0.1, 0.15) is 10.8 Å². The van der Waals surface area contributed by atoms with Crippen LogP contribution in [0.2, 0.25) is 0 Å². The smallest absolute Gasteiger partial charge is 0.321 e. The molecular formula is C19H20N4O2S. The highest BCUT2D eigenvalue weighted by Crippen LogP contribution is 2.20. The molecule has 2 N–H and O–H groups in total. The van der Waals surface area contributed by atoms with Crippen LogP contribution in [0.3, 0.4) is 0 Å². The number of benzene rings is 2. The van der Waals surface area contributed by atoms with E-state index in [9.17, 15) is 4.79 Å². The molecule has 0 spiro atoms. The zero-order chi connectivity index (χ0) is 18.2. The first kappa shape index (κ1) is 17.9. The molecule has 0 saturated carbocycles. The molecule has 0 bridgehead atoms. The van der Waals surface area contributed by atoms with Crippen LogP contribution in [0.5, 0.6) is 5.75 Å². The second-order valence-electron chi connectivity index (χ2n) is 5.65. The van der Waals surface area contributed by atoms with E-state index in [4.69, 9.17) is 4.74 Å². The Labute approximate surface area is 156 Å². The first-order valence-electron chi connectivity index (χ1n) is 8.27. The zero-order valence-electron chi connectivity index (χ0n) is 14.4. The Kier molecular flexibility index (Phi) is 6.16. The number of hydrogen-bond donors (Lipinski definition) is 2. The second-order valence-corrected chi connectivity index (χ2v) is 6.71. The quantitative estimate of drug-likeness (QED) is 0.669. The summed E-state index contributed by atoms with van der Waals surface area (Å²) in [7, 11) is 1.64. The van der Waals surface area contributed by atoms with Gasteiger partial charge in [0, 0.05) is 13.0 Å². The van der Waals surface area contributed by atoms with Gasteiger partial charge in [-0.2, -0.15) is 0 Å². The van der Waals surface area contributed by atoms with Crippen LogP contribution in [-0.2, 0) is 12.8 Å². The molecule has 3 rings (SSSR count). The molecule has 1 heterocycles. The van der Waals surface area contributed by atoms with Crippen LogP contribution >= 0.6 is 11.3 Å². The maximum Gasteiger partial charge on any atom is 0.321 e. The first-order valence-corrected chi connectivity index (χ1v) is 9.08. The lowest BCUT2D eigenvalue weighted by molar-refractivity contribution is 0.252. The molecule has 0 aliphatic heterocycles. The lowest BCUT2D eigenvalue weighted by Gasteiger charge is -2.05. The first-order chi connectivity index (χ1) is 12.7. The third-order valence-electron chi connectivity index (χ3n) is 3.72. The van der Waals surface area contributed by atoms with E-state index in [0.717, 1.165) is 22.7 Å². The van der Waals surface area contributed by atoms with E-state index in [1.165, 1.54) is 16.9 Å². The van der Waals surface area contributed by atoms with Gasteiger partial charge < -0.3 is 10.1 Å². The summed E-state index contributed by atoms with van der Waals surface area (Å²) in [6.07, 6.45) is 1.43. The predicted octanol–water partition coefficient (Wildman–Crippen LogP) is 3.50. The van der Waals surface area contributed by atoms with Crippen LogP contribution in [0, 0.1) is 0 Å². The molecule has 2 aromatic carbocycles. The Bertz CT molecular complexity index is 852. The van der Waals surface area contributed by atoms with Gasteiger partial charge in [0.05, 0.1) is 7.11 Å². The van der Waals surface area contributed by atoms with E-state index in [1.54, 1.807) is 7.11 Å². The average Bonchev–Trinajstić information content (AvgIpc) is 3.09. The van der Waals surface area contributed by atoms with Gasteiger partial charge in [-0.3, -0.25) is 5.32 Å². The highest BCUT2D eigenvalue weighted by Gasteiger charge is 2.09. The summed E-state index contributed by atoms with van der Waals surface area (Å²) in [4.78, 5) is 12.0. The molecule has 2 amide bonds. The monoisotopic (exact) mass is 368 g/mol. The number of nitrogens with zero attached hydrogens (tertiary/aromatic N) is 2. The van der Waals surface area contributed by atoms with Gasteiger partial charge in [-0.05, 0) is 29.7 Å². The highest BCUT2D eigenvalue weighted by atomic mass is 32.1. The summed E-state index contributed by atoms with van der Waals surface area (Å²) < 4.78 is 5.22. The molecule has 7 heteroatoms. The van der Waals surface area contributed by atoms with Gasteiger partial charge in [-0.15, -0.1) is 10.2 Å². The Balaban J connectivity index is 1.47. The van der Waals surface area contributed by atoms with E-state index < -0.39 is 0 Å². The predicted molar refractivity (Wildman–Crippen MR) is 103 cm³/mol. The lowest BCUT2D eigenvalue weighted by Crippen LogP contribution is -2.30. The third kappa shape index (κ3) is 5.29. The number of aromatic nitrogens is 2. The molecule has 3 aromatic rings. The van der Waals surface area contributed by atoms with Crippen LogP contribution in [-0.4, -0.2) is 29.9 Å². The number of urea groups is 1. The van der Waals surface area contributed by atoms with Crippen molar-refractivity contribution in [2.24, 2.45) is 0 Å². The number of hydrogen-bond acceptors (Lipinski definition) is 5. The van der Waals surface area contributed by atoms with Crippen molar-refractivity contribution in [1.82, 2.24) is 15.5 Å². The molecule has 134 valence electrons. The Morgan fingerprint density at radius 2 is 1.88 bits per heavy atom. The number of ether oxygens (including phenoxy) is 1. The summed E-state index contributed by atoms with van der Waals surface area (Å²) in [5.74, 6) is 0.808. The van der Waals surface area contributed by atoms with Gasteiger partial charge in [0.25, 0.3) is 0 Å². The fraction of sp³-hybridized carbons (Fsp3) is 0.211. The molecule has 0 fully saturated rings. The van der Waals surface area contributed by atoms with E-state index >= 15 is 0 Å². The van der Waals surface area contributed by atoms with E-state index in [2.05, 4.69) is 20.8 Å². The maximum absolute atomic E-state index is 12.0. The topological polar surface area (TPSA) is 76.1 Å². The normalized spacial score (nSPS) is 10.3. The number of carbonyl (C=O) groups excluding carboxylic acids is 1. The van der Waals surface area contributed by atoms with Crippen molar-refractivity contribution in [1.29, 1.82) is 0 Å². The highest BCUT2D eigenvalue weighted by molar-refractivity contribution is 7.15. The van der Waals surface area contributed by atoms with Gasteiger partial charge in [0.2, 0.25) is 5.13 Å². The number of methoxy groups -OCH3 is 1. The van der Waals surface area contributed by atoms with Gasteiger partial charge >= 0.3 is 6.03 Å². The molecule has 0 atom stereocenters. The minimum Gasteiger partial charge on any atom is -0.497 e. The third-order valence-corrected chi connectivity index (χ3v) is 4.56. The molecule has 6 nitrogen and oxygen atoms in total. The van der Waals surface area contributed by atoms with Crippen molar-refractivity contribution in [3.8, 4) is 5.75 Å². The molecule has 0 radical (unpaired) electrons. The number of carbonyl (C=O) groups is 1. The summed E-state index contributed by atoms with van der Waals surface area (Å²) in [5.41, 5.74) is 2.27. The van der Waals surface area contributed by atoms with Gasteiger partial charge in [-0.25, -0.2) is 4.79 Å². The van der Waals surface area contributed by atoms with Crippen molar-refractivity contribution in [2.75, 3.05) is 19.0 Å². The van der Waals surface area contributed by atoms with Crippen molar-refractivity contribution >= 4 is 22.5 Å². The second kappa shape index (κ2) is 8.96. The van der Waals surface area contributed by atoms with E-state index in [-0.39, 0.29) is 6.03 Å². The molecule has 26 heavy (non-hydrogen) atoms. The van der Waals surface area contributed by atoms with E-state index in [1.807, 2.05) is 54.6 Å². The van der Waals surface area contributed by atoms with Gasteiger partial charge in [0.15, 0.2) is 0 Å². The fourth-order valence-corrected chi connectivity index (χ4v) is 3.21. The largest absolute Gasteiger partial charge is 0.497 e. The standard InChI is InChI=1S/C19H20N4O2S/c1-25-16-9-5-8-15(12-16)13-17-22-23-19(26-17)21-18(24)20-11-10-14-6-3-2-4-7-14/h2-9,12H,10-11,13H2,1H3,(H2,20,21,23,24). The van der Waals surface area contributed by atoms with Crippen LogP contribution in [0.1, 0.15) is 16.1 Å². The minimum atomic E-state index is -0.273. The molecular weight excluding hydrogens is 348 g/mol. The van der Waals surface area contributed by atoms with Crippen molar-refractivity contribution < 1.29 is 9.53 Å². The van der Waals surface area contributed by atoms with Crippen LogP contribution in [0.4, 0.5) is 9.93 Å². The Morgan fingerprint density at radius 1 is 1.08 bits per heavy atom. The Hall–Kier alpha value is -2.93. The number of rotatable bonds is 7. The molecule has 0 aliphatic rings. The summed E-state index contributed by atoms with van der Waals surface area (Å²) >= 11 is 1.36. The SMILES string of the molecule is COc1cccc(Cc2nnc(NC(=O)NCCc3ccccc3)s2)c1. The van der Waals surface area contributed by atoms with Crippen molar-refractivity contribution in [3.05, 3.63) is 70.7 Å². The summed E-state index contributed by atoms with van der Waals surface area (Å²) in [6, 6.07) is 17.6. The molecule has 0 aliphatic carbocycles. The van der Waals surface area contributed by atoms with Crippen molar-refractivity contribution in [3.63, 3.8) is 0 Å². The molecule has 0 unspecified atom stereocenters. The maximum atomic E-state index is 12.0. The van der Waals surface area contributed by atoms with Crippen molar-refractivity contribution in [2.45, 2.75) is 12.8 Å². The summed E-state index contributed by atoms with van der Waals surface area (Å²) in [5, 5.41) is 15.0. The lowest BCUT2D eigenvalue weighted by atomic mass is 10.1. The van der Waals surface area contributed by atoms with Crippen LogP contribution in [0.25, 0.3) is 0 Å². The minimum absolute atomic E-state index is 0.273. The number of nitrogens with one attached hydrogen (secondary N) is 2. The van der Waals surface area contributed by atoms with E-state index in [0.29, 0.717) is 18.1 Å². The number of amides is 2. The average molecular weight is 368 g/mol. The molecule has 0 saturated heterocycles. The number of anilines is 1. The fourth-order valence-electron chi connectivity index (χ4n) is 2.44.